The average Bonchev–Trinajstić information content (AvgIpc) is 3.15. The molecule has 0 radical (unpaired) electrons. The van der Waals surface area contributed by atoms with E-state index in [1.54, 1.807) is 0 Å². The second kappa shape index (κ2) is 8.61. The molecule has 0 bridgehead atoms. The standard InChI is InChI=1S/C20H23N5O5S/c1-2-24-18-6-4-3-5-16(18)22-20(24)14-21-17-8-7-15(25(26)27)13-19(17)31(28,29)23-9-11-30-12-10-23/h3-8,13,21H,2,9-12,14H2,1H3. The molecule has 2 heterocycles. The summed E-state index contributed by atoms with van der Waals surface area (Å²) < 4.78 is 35.1. The number of aryl methyl sites for hydroxylation is 1. The molecule has 1 aromatic heterocycles. The molecule has 0 aliphatic carbocycles. The Morgan fingerprint density at radius 2 is 1.94 bits per heavy atom. The van der Waals surface area contributed by atoms with Gasteiger partial charge in [-0.2, -0.15) is 4.31 Å². The molecule has 0 unspecified atom stereocenters. The number of nitrogens with zero attached hydrogens (tertiary/aromatic N) is 4. The van der Waals surface area contributed by atoms with Crippen molar-refractivity contribution in [1.29, 1.82) is 0 Å². The van der Waals surface area contributed by atoms with E-state index in [0.717, 1.165) is 22.9 Å². The highest BCUT2D eigenvalue weighted by molar-refractivity contribution is 7.89. The molecule has 11 heteroatoms. The Kier molecular flexibility index (Phi) is 5.90. The zero-order valence-corrected chi connectivity index (χ0v) is 17.8. The molecule has 0 amide bonds. The van der Waals surface area contributed by atoms with Crippen molar-refractivity contribution in [2.24, 2.45) is 0 Å². The van der Waals surface area contributed by atoms with Crippen molar-refractivity contribution in [2.75, 3.05) is 31.6 Å². The van der Waals surface area contributed by atoms with Gasteiger partial charge in [0.1, 0.15) is 10.7 Å². The maximum absolute atomic E-state index is 13.2. The summed E-state index contributed by atoms with van der Waals surface area (Å²) in [7, 11) is -3.93. The van der Waals surface area contributed by atoms with Gasteiger partial charge in [-0.05, 0) is 25.1 Å². The van der Waals surface area contributed by atoms with Crippen LogP contribution in [0.25, 0.3) is 11.0 Å². The lowest BCUT2D eigenvalue weighted by atomic mass is 10.3. The predicted molar refractivity (Wildman–Crippen MR) is 115 cm³/mol. The first kappa shape index (κ1) is 21.2. The second-order valence-corrected chi connectivity index (χ2v) is 8.97. The first-order valence-corrected chi connectivity index (χ1v) is 11.4. The van der Waals surface area contributed by atoms with Crippen molar-refractivity contribution >= 4 is 32.4 Å². The first-order chi connectivity index (χ1) is 14.9. The van der Waals surface area contributed by atoms with Crippen molar-refractivity contribution in [3.63, 3.8) is 0 Å². The number of hydrogen-bond acceptors (Lipinski definition) is 7. The number of non-ortho nitro benzene ring substituents is 1. The van der Waals surface area contributed by atoms with E-state index in [-0.39, 0.29) is 43.4 Å². The number of hydrogen-bond donors (Lipinski definition) is 1. The number of anilines is 1. The third-order valence-corrected chi connectivity index (χ3v) is 7.19. The lowest BCUT2D eigenvalue weighted by Crippen LogP contribution is -2.40. The van der Waals surface area contributed by atoms with E-state index in [0.29, 0.717) is 12.2 Å². The van der Waals surface area contributed by atoms with E-state index in [4.69, 9.17) is 4.74 Å². The number of sulfonamides is 1. The van der Waals surface area contributed by atoms with Crippen molar-refractivity contribution in [1.82, 2.24) is 13.9 Å². The minimum Gasteiger partial charge on any atom is -0.379 e. The summed E-state index contributed by atoms with van der Waals surface area (Å²) >= 11 is 0. The van der Waals surface area contributed by atoms with Gasteiger partial charge in [-0.15, -0.1) is 0 Å². The van der Waals surface area contributed by atoms with Crippen LogP contribution in [0.15, 0.2) is 47.4 Å². The lowest BCUT2D eigenvalue weighted by Gasteiger charge is -2.27. The van der Waals surface area contributed by atoms with Crippen molar-refractivity contribution in [3.8, 4) is 0 Å². The zero-order chi connectivity index (χ0) is 22.0. The van der Waals surface area contributed by atoms with E-state index in [9.17, 15) is 18.5 Å². The van der Waals surface area contributed by atoms with Crippen LogP contribution >= 0.6 is 0 Å². The molecular weight excluding hydrogens is 422 g/mol. The summed E-state index contributed by atoms with van der Waals surface area (Å²) in [5, 5.41) is 14.4. The molecule has 3 aromatic rings. The summed E-state index contributed by atoms with van der Waals surface area (Å²) in [6.07, 6.45) is 0. The normalized spacial score (nSPS) is 15.3. The van der Waals surface area contributed by atoms with E-state index in [1.807, 2.05) is 35.8 Å². The molecule has 1 aliphatic rings. The Hall–Kier alpha value is -3.02. The molecule has 31 heavy (non-hydrogen) atoms. The minimum absolute atomic E-state index is 0.122. The van der Waals surface area contributed by atoms with Crippen LogP contribution < -0.4 is 5.32 Å². The maximum atomic E-state index is 13.2. The molecule has 1 aliphatic heterocycles. The number of nitro benzene ring substituents is 1. The van der Waals surface area contributed by atoms with Crippen LogP contribution in [0.2, 0.25) is 0 Å². The van der Waals surface area contributed by atoms with Gasteiger partial charge in [-0.3, -0.25) is 10.1 Å². The highest BCUT2D eigenvalue weighted by atomic mass is 32.2. The first-order valence-electron chi connectivity index (χ1n) is 9.96. The van der Waals surface area contributed by atoms with E-state index in [1.165, 1.54) is 16.4 Å². The van der Waals surface area contributed by atoms with E-state index >= 15 is 0 Å². The number of benzene rings is 2. The Balaban J connectivity index is 1.69. The minimum atomic E-state index is -3.93. The second-order valence-electron chi connectivity index (χ2n) is 7.07. The van der Waals surface area contributed by atoms with Gasteiger partial charge in [0.05, 0.1) is 41.4 Å². The number of imidazole rings is 1. The van der Waals surface area contributed by atoms with Crippen LogP contribution in [0.1, 0.15) is 12.7 Å². The lowest BCUT2D eigenvalue weighted by molar-refractivity contribution is -0.385. The Labute approximate surface area is 179 Å². The Morgan fingerprint density at radius 3 is 2.65 bits per heavy atom. The molecule has 2 aromatic carbocycles. The van der Waals surface area contributed by atoms with Gasteiger partial charge in [0.25, 0.3) is 5.69 Å². The summed E-state index contributed by atoms with van der Waals surface area (Å²) in [5.74, 6) is 0.747. The van der Waals surface area contributed by atoms with Crippen LogP contribution in [0.4, 0.5) is 11.4 Å². The monoisotopic (exact) mass is 445 g/mol. The number of rotatable bonds is 7. The van der Waals surface area contributed by atoms with Gasteiger partial charge in [0, 0.05) is 31.8 Å². The fourth-order valence-corrected chi connectivity index (χ4v) is 5.29. The Morgan fingerprint density at radius 1 is 1.19 bits per heavy atom. The molecule has 0 saturated carbocycles. The molecular formula is C20H23N5O5S. The molecule has 0 spiro atoms. The number of morpholine rings is 1. The maximum Gasteiger partial charge on any atom is 0.270 e. The van der Waals surface area contributed by atoms with Crippen LogP contribution in [-0.4, -0.2) is 53.5 Å². The smallest absolute Gasteiger partial charge is 0.270 e. The van der Waals surface area contributed by atoms with Crippen molar-refractivity contribution in [3.05, 3.63) is 58.4 Å². The van der Waals surface area contributed by atoms with Gasteiger partial charge >= 0.3 is 0 Å². The molecule has 1 fully saturated rings. The third-order valence-electron chi connectivity index (χ3n) is 5.25. The third kappa shape index (κ3) is 4.11. The van der Waals surface area contributed by atoms with Gasteiger partial charge < -0.3 is 14.6 Å². The molecule has 10 nitrogen and oxygen atoms in total. The molecule has 1 saturated heterocycles. The summed E-state index contributed by atoms with van der Waals surface area (Å²) in [4.78, 5) is 15.2. The molecule has 1 N–H and O–H groups in total. The highest BCUT2D eigenvalue weighted by Crippen LogP contribution is 2.30. The quantitative estimate of drug-likeness (QED) is 0.438. The number of nitro groups is 1. The van der Waals surface area contributed by atoms with Gasteiger partial charge in [-0.1, -0.05) is 12.1 Å². The van der Waals surface area contributed by atoms with Gasteiger partial charge in [-0.25, -0.2) is 13.4 Å². The van der Waals surface area contributed by atoms with Crippen molar-refractivity contribution in [2.45, 2.75) is 24.9 Å². The fourth-order valence-electron chi connectivity index (χ4n) is 3.70. The topological polar surface area (TPSA) is 120 Å². The van der Waals surface area contributed by atoms with Gasteiger partial charge in [0.15, 0.2) is 0 Å². The van der Waals surface area contributed by atoms with Crippen LogP contribution in [-0.2, 0) is 27.8 Å². The number of para-hydroxylation sites is 2. The summed E-state index contributed by atoms with van der Waals surface area (Å²) in [6.45, 7) is 3.97. The van der Waals surface area contributed by atoms with Crippen molar-refractivity contribution < 1.29 is 18.1 Å². The fraction of sp³-hybridized carbons (Fsp3) is 0.350. The summed E-state index contributed by atoms with van der Waals surface area (Å²) in [6, 6.07) is 11.6. The number of ether oxygens (including phenoxy) is 1. The number of aromatic nitrogens is 2. The average molecular weight is 446 g/mol. The highest BCUT2D eigenvalue weighted by Gasteiger charge is 2.30. The molecule has 4 rings (SSSR count). The number of fused-ring (bicyclic) bond motifs is 1. The molecule has 164 valence electrons. The van der Waals surface area contributed by atoms with Crippen LogP contribution in [0.3, 0.4) is 0 Å². The van der Waals surface area contributed by atoms with Gasteiger partial charge in [0.2, 0.25) is 10.0 Å². The van der Waals surface area contributed by atoms with E-state index in [2.05, 4.69) is 10.3 Å². The summed E-state index contributed by atoms with van der Waals surface area (Å²) in [5.41, 5.74) is 1.86. The number of nitrogens with one attached hydrogen (secondary N) is 1. The predicted octanol–water partition coefficient (Wildman–Crippen LogP) is 2.60. The SMILES string of the molecule is CCn1c(CNc2ccc([N+](=O)[O-])cc2S(=O)(=O)N2CCOCC2)nc2ccccc21. The molecule has 0 atom stereocenters. The van der Waals surface area contributed by atoms with E-state index < -0.39 is 14.9 Å². The van der Waals surface area contributed by atoms with Crippen LogP contribution in [0.5, 0.6) is 0 Å². The zero-order valence-electron chi connectivity index (χ0n) is 17.0. The van der Waals surface area contributed by atoms with Crippen LogP contribution in [0, 0.1) is 10.1 Å². The Bertz CT molecular complexity index is 1220. The largest absolute Gasteiger partial charge is 0.379 e.